The first-order chi connectivity index (χ1) is 12.4. The molecule has 9 nitrogen and oxygen atoms in total. The number of benzene rings is 1. The van der Waals surface area contributed by atoms with Gasteiger partial charge in [0.05, 0.1) is 12.3 Å². The van der Waals surface area contributed by atoms with Crippen molar-refractivity contribution in [3.05, 3.63) is 57.9 Å². The van der Waals surface area contributed by atoms with Crippen molar-refractivity contribution in [2.24, 2.45) is 0 Å². The summed E-state index contributed by atoms with van der Waals surface area (Å²) in [6.07, 6.45) is 1.00. The molecule has 2 heterocycles. The molecule has 0 spiro atoms. The van der Waals surface area contributed by atoms with Gasteiger partial charge in [-0.05, 0) is 24.6 Å². The predicted octanol–water partition coefficient (Wildman–Crippen LogP) is 1.69. The first-order valence-electron chi connectivity index (χ1n) is 7.54. The zero-order valence-corrected chi connectivity index (χ0v) is 14.5. The number of aryl methyl sites for hydroxylation is 1. The van der Waals surface area contributed by atoms with Crippen molar-refractivity contribution in [2.75, 3.05) is 5.43 Å². The van der Waals surface area contributed by atoms with Crippen LogP contribution in [0.2, 0.25) is 0 Å². The monoisotopic (exact) mass is 376 g/mol. The lowest BCUT2D eigenvalue weighted by molar-refractivity contribution is 0.403. The summed E-state index contributed by atoms with van der Waals surface area (Å²) < 4.78 is 6.83. The molecule has 0 aliphatic rings. The Kier molecular flexibility index (Phi) is 5.03. The molecule has 26 heavy (non-hydrogen) atoms. The average molecular weight is 376 g/mol. The lowest BCUT2D eigenvalue weighted by Crippen LogP contribution is -2.17. The van der Waals surface area contributed by atoms with Crippen LogP contribution in [0.5, 0.6) is 17.2 Å². The Hall–Kier alpha value is -3.14. The van der Waals surface area contributed by atoms with Crippen LogP contribution in [0.4, 0.5) is 0 Å². The van der Waals surface area contributed by atoms with E-state index in [2.05, 4.69) is 15.6 Å². The molecule has 0 saturated carbocycles. The number of hydrogen-bond donors (Lipinski definition) is 4. The third-order valence-corrected chi connectivity index (χ3v) is 4.44. The molecule has 1 aromatic carbocycles. The molecular formula is C16H16N4O5S. The van der Waals surface area contributed by atoms with Crippen LogP contribution < -0.4 is 10.9 Å². The Bertz CT molecular complexity index is 985. The molecule has 3 rings (SSSR count). The second-order valence-electron chi connectivity index (χ2n) is 5.41. The van der Waals surface area contributed by atoms with Gasteiger partial charge in [0, 0.05) is 6.07 Å². The van der Waals surface area contributed by atoms with Crippen LogP contribution in [-0.2, 0) is 12.3 Å². The highest BCUT2D eigenvalue weighted by Gasteiger charge is 2.11. The van der Waals surface area contributed by atoms with Gasteiger partial charge < -0.3 is 25.2 Å². The Morgan fingerprint density at radius 2 is 1.96 bits per heavy atom. The number of aromatic nitrogens is 3. The highest BCUT2D eigenvalue weighted by molar-refractivity contribution is 7.98. The molecule has 4 N–H and O–H groups in total. The Balaban J connectivity index is 1.68. The highest BCUT2D eigenvalue weighted by Crippen LogP contribution is 2.25. The van der Waals surface area contributed by atoms with Gasteiger partial charge >= 0.3 is 0 Å². The maximum Gasteiger partial charge on any atom is 0.226 e. The highest BCUT2D eigenvalue weighted by atomic mass is 32.2. The van der Waals surface area contributed by atoms with Crippen LogP contribution in [0.15, 0.2) is 44.9 Å². The van der Waals surface area contributed by atoms with Crippen molar-refractivity contribution in [3.8, 4) is 17.2 Å². The van der Waals surface area contributed by atoms with Crippen molar-refractivity contribution in [2.45, 2.75) is 24.4 Å². The summed E-state index contributed by atoms with van der Waals surface area (Å²) in [5.41, 5.74) is 3.38. The normalized spacial score (nSPS) is 10.8. The molecule has 3 aromatic rings. The van der Waals surface area contributed by atoms with E-state index in [4.69, 9.17) is 4.42 Å². The number of nitrogens with zero attached hydrogens (tertiary/aromatic N) is 3. The molecular weight excluding hydrogens is 360 g/mol. The van der Waals surface area contributed by atoms with Gasteiger partial charge in [0.15, 0.2) is 17.2 Å². The fourth-order valence-corrected chi connectivity index (χ4v) is 2.97. The van der Waals surface area contributed by atoms with Gasteiger partial charge in [-0.2, -0.15) is 0 Å². The number of thioether (sulfide) groups is 1. The van der Waals surface area contributed by atoms with Gasteiger partial charge in [-0.1, -0.05) is 17.8 Å². The van der Waals surface area contributed by atoms with Gasteiger partial charge in [-0.3, -0.25) is 4.79 Å². The van der Waals surface area contributed by atoms with Crippen molar-refractivity contribution < 1.29 is 19.7 Å². The fourth-order valence-electron chi connectivity index (χ4n) is 2.12. The van der Waals surface area contributed by atoms with E-state index < -0.39 is 11.2 Å². The molecule has 0 unspecified atom stereocenters. The number of nitrogens with one attached hydrogen (secondary N) is 1. The summed E-state index contributed by atoms with van der Waals surface area (Å²) in [7, 11) is 0. The summed E-state index contributed by atoms with van der Waals surface area (Å²) in [5, 5.41) is 36.8. The molecule has 0 saturated heterocycles. The minimum absolute atomic E-state index is 0.180. The first kappa shape index (κ1) is 17.7. The zero-order chi connectivity index (χ0) is 18.7. The van der Waals surface area contributed by atoms with E-state index in [0.717, 1.165) is 11.8 Å². The van der Waals surface area contributed by atoms with E-state index in [0.29, 0.717) is 29.0 Å². The largest absolute Gasteiger partial charge is 0.504 e. The number of hydrogen-bond acceptors (Lipinski definition) is 9. The summed E-state index contributed by atoms with van der Waals surface area (Å²) in [6, 6.07) is 5.77. The molecule has 0 bridgehead atoms. The summed E-state index contributed by atoms with van der Waals surface area (Å²) >= 11 is 1.30. The molecule has 0 aliphatic heterocycles. The predicted molar refractivity (Wildman–Crippen MR) is 93.8 cm³/mol. The molecule has 136 valence electrons. The van der Waals surface area contributed by atoms with Crippen LogP contribution in [-0.4, -0.2) is 30.2 Å². The van der Waals surface area contributed by atoms with Crippen molar-refractivity contribution in [1.29, 1.82) is 0 Å². The first-order valence-corrected chi connectivity index (χ1v) is 8.53. The molecule has 10 heteroatoms. The molecule has 0 atom stereocenters. The number of rotatable bonds is 6. The van der Waals surface area contributed by atoms with Crippen LogP contribution in [0.3, 0.4) is 0 Å². The smallest absolute Gasteiger partial charge is 0.226 e. The molecule has 2 aromatic heterocycles. The van der Waals surface area contributed by atoms with Crippen LogP contribution in [0.25, 0.3) is 0 Å². The summed E-state index contributed by atoms with van der Waals surface area (Å²) in [5.74, 6) is 0.547. The van der Waals surface area contributed by atoms with E-state index in [1.807, 2.05) is 0 Å². The van der Waals surface area contributed by atoms with Gasteiger partial charge in [-0.15, -0.1) is 10.2 Å². The van der Waals surface area contributed by atoms with Crippen LogP contribution in [0.1, 0.15) is 17.1 Å². The second-order valence-corrected chi connectivity index (χ2v) is 6.35. The van der Waals surface area contributed by atoms with Gasteiger partial charge in [0.2, 0.25) is 10.6 Å². The van der Waals surface area contributed by atoms with E-state index in [1.165, 1.54) is 30.0 Å². The van der Waals surface area contributed by atoms with Gasteiger partial charge in [-0.25, -0.2) is 4.68 Å². The van der Waals surface area contributed by atoms with E-state index in [1.54, 1.807) is 17.7 Å². The van der Waals surface area contributed by atoms with Crippen molar-refractivity contribution in [1.82, 2.24) is 14.9 Å². The van der Waals surface area contributed by atoms with Crippen LogP contribution in [0, 0.1) is 6.92 Å². The minimum Gasteiger partial charge on any atom is -0.504 e. The minimum atomic E-state index is -0.505. The summed E-state index contributed by atoms with van der Waals surface area (Å²) in [6.45, 7) is 2.15. The van der Waals surface area contributed by atoms with E-state index >= 15 is 0 Å². The fraction of sp³-hybridized carbons (Fsp3) is 0.188. The zero-order valence-electron chi connectivity index (χ0n) is 13.7. The van der Waals surface area contributed by atoms with Crippen molar-refractivity contribution in [3.63, 3.8) is 0 Å². The van der Waals surface area contributed by atoms with Gasteiger partial charge in [0.25, 0.3) is 0 Å². The SMILES string of the molecule is Cc1nnc(SCc2cc(=O)c(O)co2)n1NCc1ccc(O)c(O)c1. The number of aromatic hydroxyl groups is 3. The topological polar surface area (TPSA) is 134 Å². The summed E-state index contributed by atoms with van der Waals surface area (Å²) in [4.78, 5) is 11.4. The maximum atomic E-state index is 11.4. The average Bonchev–Trinajstić information content (AvgIpc) is 2.97. The van der Waals surface area contributed by atoms with Crippen LogP contribution >= 0.6 is 11.8 Å². The quantitative estimate of drug-likeness (QED) is 0.374. The Morgan fingerprint density at radius 1 is 1.15 bits per heavy atom. The van der Waals surface area contributed by atoms with E-state index in [-0.39, 0.29) is 11.5 Å². The number of phenols is 2. The second kappa shape index (κ2) is 7.40. The molecule has 0 aliphatic carbocycles. The Labute approximate surface area is 151 Å². The molecule has 0 amide bonds. The third-order valence-electron chi connectivity index (χ3n) is 3.49. The van der Waals surface area contributed by atoms with Crippen molar-refractivity contribution >= 4 is 11.8 Å². The lowest BCUT2D eigenvalue weighted by Gasteiger charge is -2.11. The Morgan fingerprint density at radius 3 is 2.69 bits per heavy atom. The molecule has 0 fully saturated rings. The number of phenolic OH excluding ortho intramolecular Hbond substituents is 2. The maximum absolute atomic E-state index is 11.4. The van der Waals surface area contributed by atoms with Gasteiger partial charge in [0.1, 0.15) is 17.8 Å². The van der Waals surface area contributed by atoms with E-state index in [9.17, 15) is 20.1 Å². The molecule has 0 radical (unpaired) electrons. The third kappa shape index (κ3) is 3.91. The standard InChI is InChI=1S/C16H16N4O5S/c1-9-18-19-16(26-8-11-5-14(23)15(24)7-25-11)20(9)17-6-10-2-3-12(21)13(22)4-10/h2-5,7,17,21-22,24H,6,8H2,1H3. The lowest BCUT2D eigenvalue weighted by atomic mass is 10.2.